The van der Waals surface area contributed by atoms with Crippen molar-refractivity contribution in [1.29, 1.82) is 0 Å². The molecule has 94 valence electrons. The maximum Gasteiger partial charge on any atom is 0.234 e. The van der Waals surface area contributed by atoms with Gasteiger partial charge >= 0.3 is 0 Å². The zero-order chi connectivity index (χ0) is 12.7. The van der Waals surface area contributed by atoms with Crippen LogP contribution < -0.4 is 0 Å². The molecule has 0 aliphatic heterocycles. The van der Waals surface area contributed by atoms with Gasteiger partial charge in [0.15, 0.2) is 5.82 Å². The van der Waals surface area contributed by atoms with Crippen molar-refractivity contribution in [3.63, 3.8) is 0 Å². The Kier molecular flexibility index (Phi) is 2.54. The maximum absolute atomic E-state index is 5.35. The summed E-state index contributed by atoms with van der Waals surface area (Å²) in [7, 11) is 1.90. The molecule has 0 N–H and O–H groups in total. The third-order valence-corrected chi connectivity index (χ3v) is 3.49. The zero-order valence-electron chi connectivity index (χ0n) is 10.6. The lowest BCUT2D eigenvalue weighted by atomic mass is 9.81. The molecule has 2 aromatic heterocycles. The van der Waals surface area contributed by atoms with Crippen LogP contribution in [0.3, 0.4) is 0 Å². The van der Waals surface area contributed by atoms with Crippen LogP contribution in [0.5, 0.6) is 0 Å². The SMILES string of the molecule is C=C1CC(c2noc(C(C)c3cnn(C)c3)n2)C1. The summed E-state index contributed by atoms with van der Waals surface area (Å²) in [6.07, 6.45) is 5.78. The molecule has 5 heteroatoms. The van der Waals surface area contributed by atoms with E-state index >= 15 is 0 Å². The first kappa shape index (κ1) is 11.2. The third kappa shape index (κ3) is 1.85. The molecule has 0 spiro atoms. The fourth-order valence-electron chi connectivity index (χ4n) is 2.21. The first-order valence-electron chi connectivity index (χ1n) is 6.12. The minimum absolute atomic E-state index is 0.0863. The van der Waals surface area contributed by atoms with Crippen LogP contribution in [0.2, 0.25) is 0 Å². The number of nitrogens with zero attached hydrogens (tertiary/aromatic N) is 4. The molecule has 2 aromatic rings. The lowest BCUT2D eigenvalue weighted by Crippen LogP contribution is -2.13. The molecule has 0 radical (unpaired) electrons. The summed E-state index contributed by atoms with van der Waals surface area (Å²) in [4.78, 5) is 4.50. The summed E-state index contributed by atoms with van der Waals surface area (Å²) >= 11 is 0. The molecule has 0 bridgehead atoms. The summed E-state index contributed by atoms with van der Waals surface area (Å²) in [5, 5.41) is 8.23. The Hall–Kier alpha value is -1.91. The largest absolute Gasteiger partial charge is 0.339 e. The molecule has 5 nitrogen and oxygen atoms in total. The third-order valence-electron chi connectivity index (χ3n) is 3.49. The lowest BCUT2D eigenvalue weighted by molar-refractivity contribution is 0.358. The quantitative estimate of drug-likeness (QED) is 0.778. The number of hydrogen-bond donors (Lipinski definition) is 0. The van der Waals surface area contributed by atoms with E-state index in [1.54, 1.807) is 4.68 Å². The molecule has 0 saturated heterocycles. The van der Waals surface area contributed by atoms with Crippen LogP contribution in [0.1, 0.15) is 48.9 Å². The predicted molar refractivity (Wildman–Crippen MR) is 66.1 cm³/mol. The monoisotopic (exact) mass is 244 g/mol. The van der Waals surface area contributed by atoms with Gasteiger partial charge in [0, 0.05) is 24.7 Å². The van der Waals surface area contributed by atoms with Crippen molar-refractivity contribution in [2.45, 2.75) is 31.6 Å². The molecular weight excluding hydrogens is 228 g/mol. The van der Waals surface area contributed by atoms with Gasteiger partial charge in [-0.1, -0.05) is 17.3 Å². The maximum atomic E-state index is 5.35. The molecule has 3 rings (SSSR count). The number of aryl methyl sites for hydroxylation is 1. The average molecular weight is 244 g/mol. The van der Waals surface area contributed by atoms with Gasteiger partial charge in [0.1, 0.15) is 0 Å². The van der Waals surface area contributed by atoms with Crippen LogP contribution in [0.15, 0.2) is 29.1 Å². The van der Waals surface area contributed by atoms with E-state index in [9.17, 15) is 0 Å². The molecule has 1 saturated carbocycles. The molecular formula is C13H16N4O. The molecule has 18 heavy (non-hydrogen) atoms. The Bertz CT molecular complexity index is 575. The molecule has 1 aliphatic carbocycles. The van der Waals surface area contributed by atoms with Crippen molar-refractivity contribution in [3.8, 4) is 0 Å². The first-order chi connectivity index (χ1) is 8.63. The number of allylic oxidation sites excluding steroid dienone is 1. The van der Waals surface area contributed by atoms with Crippen molar-refractivity contribution in [2.75, 3.05) is 0 Å². The van der Waals surface area contributed by atoms with Gasteiger partial charge < -0.3 is 4.52 Å². The summed E-state index contributed by atoms with van der Waals surface area (Å²) in [6, 6.07) is 0. The summed E-state index contributed by atoms with van der Waals surface area (Å²) in [6.45, 7) is 5.98. The number of hydrogen-bond acceptors (Lipinski definition) is 4. The molecule has 0 amide bonds. The van der Waals surface area contributed by atoms with E-state index in [2.05, 4.69) is 21.8 Å². The Morgan fingerprint density at radius 2 is 2.28 bits per heavy atom. The topological polar surface area (TPSA) is 56.7 Å². The van der Waals surface area contributed by atoms with Crippen LogP contribution in [-0.4, -0.2) is 19.9 Å². The van der Waals surface area contributed by atoms with E-state index in [1.165, 1.54) is 5.57 Å². The van der Waals surface area contributed by atoms with Gasteiger partial charge in [-0.25, -0.2) is 0 Å². The van der Waals surface area contributed by atoms with Crippen LogP contribution in [0.25, 0.3) is 0 Å². The Labute approximate surface area is 106 Å². The first-order valence-corrected chi connectivity index (χ1v) is 6.12. The minimum Gasteiger partial charge on any atom is -0.339 e. The van der Waals surface area contributed by atoms with Crippen molar-refractivity contribution >= 4 is 0 Å². The Morgan fingerprint density at radius 3 is 2.89 bits per heavy atom. The highest BCUT2D eigenvalue weighted by Crippen LogP contribution is 2.39. The van der Waals surface area contributed by atoms with E-state index in [0.29, 0.717) is 11.8 Å². The average Bonchev–Trinajstić information content (AvgIpc) is 2.92. The number of aromatic nitrogens is 4. The molecule has 1 unspecified atom stereocenters. The molecule has 0 aromatic carbocycles. The van der Waals surface area contributed by atoms with Crippen molar-refractivity contribution in [1.82, 2.24) is 19.9 Å². The fraction of sp³-hybridized carbons (Fsp3) is 0.462. The normalized spacial score (nSPS) is 17.8. The van der Waals surface area contributed by atoms with Crippen molar-refractivity contribution in [2.24, 2.45) is 7.05 Å². The molecule has 1 aliphatic rings. The van der Waals surface area contributed by atoms with E-state index < -0.39 is 0 Å². The summed E-state index contributed by atoms with van der Waals surface area (Å²) in [5.74, 6) is 1.96. The standard InChI is InChI=1S/C13H16N4O/c1-8-4-10(5-8)12-15-13(18-16-12)9(2)11-6-14-17(3)7-11/h6-7,9-10H,1,4-5H2,2-3H3. The van der Waals surface area contributed by atoms with Gasteiger partial charge in [0.2, 0.25) is 5.89 Å². The summed E-state index contributed by atoms with van der Waals surface area (Å²) < 4.78 is 7.13. The van der Waals surface area contributed by atoms with Crippen LogP contribution >= 0.6 is 0 Å². The second-order valence-electron chi connectivity index (χ2n) is 5.02. The minimum atomic E-state index is 0.0863. The van der Waals surface area contributed by atoms with Crippen LogP contribution in [-0.2, 0) is 7.05 Å². The van der Waals surface area contributed by atoms with Gasteiger partial charge in [-0.2, -0.15) is 10.1 Å². The Morgan fingerprint density at radius 1 is 1.50 bits per heavy atom. The van der Waals surface area contributed by atoms with E-state index in [1.807, 2.05) is 26.4 Å². The zero-order valence-corrected chi connectivity index (χ0v) is 10.6. The van der Waals surface area contributed by atoms with Crippen molar-refractivity contribution in [3.05, 3.63) is 41.8 Å². The smallest absolute Gasteiger partial charge is 0.234 e. The van der Waals surface area contributed by atoms with E-state index in [4.69, 9.17) is 4.52 Å². The van der Waals surface area contributed by atoms with E-state index in [-0.39, 0.29) is 5.92 Å². The highest BCUT2D eigenvalue weighted by atomic mass is 16.5. The Balaban J connectivity index is 1.78. The predicted octanol–water partition coefficient (Wildman–Crippen LogP) is 2.39. The summed E-state index contributed by atoms with van der Waals surface area (Å²) in [5.41, 5.74) is 2.36. The number of rotatable bonds is 3. The molecule has 1 fully saturated rings. The highest BCUT2D eigenvalue weighted by Gasteiger charge is 2.28. The van der Waals surface area contributed by atoms with Gasteiger partial charge in [-0.05, 0) is 19.8 Å². The van der Waals surface area contributed by atoms with Gasteiger partial charge in [0.25, 0.3) is 0 Å². The fourth-order valence-corrected chi connectivity index (χ4v) is 2.21. The molecule has 1 atom stereocenters. The van der Waals surface area contributed by atoms with Gasteiger partial charge in [0.05, 0.1) is 12.1 Å². The van der Waals surface area contributed by atoms with Gasteiger partial charge in [-0.15, -0.1) is 0 Å². The van der Waals surface area contributed by atoms with Crippen LogP contribution in [0.4, 0.5) is 0 Å². The molecule has 2 heterocycles. The second kappa shape index (κ2) is 4.08. The second-order valence-corrected chi connectivity index (χ2v) is 5.02. The van der Waals surface area contributed by atoms with Gasteiger partial charge in [-0.3, -0.25) is 4.68 Å². The lowest BCUT2D eigenvalue weighted by Gasteiger charge is -2.24. The highest BCUT2D eigenvalue weighted by molar-refractivity contribution is 5.21. The van der Waals surface area contributed by atoms with E-state index in [0.717, 1.165) is 24.2 Å². The van der Waals surface area contributed by atoms with Crippen LogP contribution in [0, 0.1) is 0 Å². The van der Waals surface area contributed by atoms with Crippen molar-refractivity contribution < 1.29 is 4.52 Å².